The van der Waals surface area contributed by atoms with Gasteiger partial charge in [0.15, 0.2) is 0 Å². The molecule has 4 heteroatoms. The highest BCUT2D eigenvalue weighted by Gasteiger charge is 2.17. The fraction of sp³-hybridized carbons (Fsp3) is 0.250. The molecule has 3 nitrogen and oxygen atoms in total. The van der Waals surface area contributed by atoms with E-state index in [4.69, 9.17) is 22.2 Å². The summed E-state index contributed by atoms with van der Waals surface area (Å²) < 4.78 is 5.24. The normalized spacial score (nSPS) is 12.2. The maximum Gasteiger partial charge on any atom is 0.119 e. The van der Waals surface area contributed by atoms with Gasteiger partial charge in [-0.1, -0.05) is 23.7 Å². The van der Waals surface area contributed by atoms with Crippen molar-refractivity contribution in [1.29, 1.82) is 0 Å². The molecular formula is C16H19ClN2O. The second-order valence-corrected chi connectivity index (χ2v) is 5.26. The molecule has 0 saturated heterocycles. The summed E-state index contributed by atoms with van der Waals surface area (Å²) in [7, 11) is 1.66. The fourth-order valence-corrected chi connectivity index (χ4v) is 2.64. The number of nitrogens with two attached hydrogens (primary N) is 1. The Morgan fingerprint density at radius 3 is 2.15 bits per heavy atom. The Balaban J connectivity index is 2.47. The summed E-state index contributed by atoms with van der Waals surface area (Å²) in [5.41, 5.74) is 7.36. The Morgan fingerprint density at radius 2 is 1.65 bits per heavy atom. The van der Waals surface area contributed by atoms with E-state index in [0.29, 0.717) is 0 Å². The quantitative estimate of drug-likeness (QED) is 0.669. The number of halogens is 1. The molecule has 1 unspecified atom stereocenters. The van der Waals surface area contributed by atoms with Gasteiger partial charge in [-0.25, -0.2) is 5.43 Å². The molecule has 2 aromatic carbocycles. The average Bonchev–Trinajstić information content (AvgIpc) is 2.43. The van der Waals surface area contributed by atoms with Gasteiger partial charge >= 0.3 is 0 Å². The third kappa shape index (κ3) is 2.96. The number of nitrogens with one attached hydrogen (secondary N) is 1. The van der Waals surface area contributed by atoms with E-state index >= 15 is 0 Å². The van der Waals surface area contributed by atoms with Crippen molar-refractivity contribution in [2.24, 2.45) is 5.84 Å². The average molecular weight is 291 g/mol. The number of hydrogen-bond acceptors (Lipinski definition) is 3. The van der Waals surface area contributed by atoms with Crippen LogP contribution in [0.1, 0.15) is 28.3 Å². The van der Waals surface area contributed by atoms with Crippen LogP contribution in [0, 0.1) is 13.8 Å². The Labute approximate surface area is 124 Å². The van der Waals surface area contributed by atoms with Crippen LogP contribution in [0.3, 0.4) is 0 Å². The fourth-order valence-electron chi connectivity index (χ4n) is 2.41. The number of methoxy groups -OCH3 is 1. The molecule has 0 saturated carbocycles. The Morgan fingerprint density at radius 1 is 1.05 bits per heavy atom. The van der Waals surface area contributed by atoms with Crippen molar-refractivity contribution >= 4 is 11.6 Å². The Bertz CT molecular complexity index is 613. The van der Waals surface area contributed by atoms with Crippen LogP contribution in [0.15, 0.2) is 36.4 Å². The van der Waals surface area contributed by atoms with Crippen LogP contribution < -0.4 is 16.0 Å². The van der Waals surface area contributed by atoms with Gasteiger partial charge in [-0.15, -0.1) is 0 Å². The van der Waals surface area contributed by atoms with Crippen molar-refractivity contribution in [1.82, 2.24) is 5.43 Å². The first-order chi connectivity index (χ1) is 9.56. The van der Waals surface area contributed by atoms with E-state index in [0.717, 1.165) is 33.0 Å². The van der Waals surface area contributed by atoms with Crippen LogP contribution >= 0.6 is 11.6 Å². The summed E-state index contributed by atoms with van der Waals surface area (Å²) in [6.45, 7) is 4.08. The molecule has 20 heavy (non-hydrogen) atoms. The summed E-state index contributed by atoms with van der Waals surface area (Å²) in [5, 5.41) is 0.730. The monoisotopic (exact) mass is 290 g/mol. The van der Waals surface area contributed by atoms with Crippen LogP contribution in [-0.2, 0) is 0 Å². The number of ether oxygens (including phenoxy) is 1. The standard InChI is InChI=1S/C16H19ClN2O/c1-10-8-12(17)4-6-14(10)16(19-18)15-7-5-13(20-3)9-11(15)2/h4-9,16,19H,18H2,1-3H3. The van der Waals surface area contributed by atoms with E-state index in [-0.39, 0.29) is 6.04 Å². The lowest BCUT2D eigenvalue weighted by Crippen LogP contribution is -2.29. The van der Waals surface area contributed by atoms with Crippen molar-refractivity contribution in [2.45, 2.75) is 19.9 Å². The first kappa shape index (κ1) is 14.9. The van der Waals surface area contributed by atoms with Gasteiger partial charge in [-0.2, -0.15) is 0 Å². The molecule has 0 heterocycles. The van der Waals surface area contributed by atoms with Gasteiger partial charge in [0.2, 0.25) is 0 Å². The molecule has 2 rings (SSSR count). The minimum Gasteiger partial charge on any atom is -0.497 e. The molecule has 0 aliphatic rings. The Kier molecular flexibility index (Phi) is 4.65. The predicted octanol–water partition coefficient (Wildman–Crippen LogP) is 3.52. The lowest BCUT2D eigenvalue weighted by Gasteiger charge is -2.21. The van der Waals surface area contributed by atoms with Crippen molar-refractivity contribution in [2.75, 3.05) is 7.11 Å². The molecule has 0 bridgehead atoms. The molecule has 0 spiro atoms. The lowest BCUT2D eigenvalue weighted by atomic mass is 9.92. The molecule has 2 aromatic rings. The Hall–Kier alpha value is -1.55. The van der Waals surface area contributed by atoms with Gasteiger partial charge in [0.1, 0.15) is 5.75 Å². The number of aryl methyl sites for hydroxylation is 2. The van der Waals surface area contributed by atoms with E-state index in [1.54, 1.807) is 7.11 Å². The van der Waals surface area contributed by atoms with Gasteiger partial charge in [-0.3, -0.25) is 5.84 Å². The van der Waals surface area contributed by atoms with Crippen LogP contribution in [0.4, 0.5) is 0 Å². The molecular weight excluding hydrogens is 272 g/mol. The van der Waals surface area contributed by atoms with Crippen LogP contribution in [-0.4, -0.2) is 7.11 Å². The summed E-state index contributed by atoms with van der Waals surface area (Å²) in [4.78, 5) is 0. The molecule has 0 aromatic heterocycles. The topological polar surface area (TPSA) is 47.3 Å². The van der Waals surface area contributed by atoms with Gasteiger partial charge in [0, 0.05) is 5.02 Å². The van der Waals surface area contributed by atoms with Crippen LogP contribution in [0.25, 0.3) is 0 Å². The van der Waals surface area contributed by atoms with Gasteiger partial charge in [-0.05, 0) is 60.4 Å². The van der Waals surface area contributed by atoms with E-state index in [1.165, 1.54) is 0 Å². The number of rotatable bonds is 4. The minimum atomic E-state index is -0.0711. The number of hydrazine groups is 1. The molecule has 0 amide bonds. The van der Waals surface area contributed by atoms with Gasteiger partial charge in [0.05, 0.1) is 13.2 Å². The summed E-state index contributed by atoms with van der Waals surface area (Å²) in [6, 6.07) is 11.7. The number of hydrogen-bond donors (Lipinski definition) is 2. The molecule has 3 N–H and O–H groups in total. The maximum absolute atomic E-state index is 6.01. The molecule has 0 aliphatic carbocycles. The van der Waals surface area contributed by atoms with Crippen molar-refractivity contribution in [3.63, 3.8) is 0 Å². The lowest BCUT2D eigenvalue weighted by molar-refractivity contribution is 0.414. The molecule has 0 fully saturated rings. The van der Waals surface area contributed by atoms with Crippen LogP contribution in [0.5, 0.6) is 5.75 Å². The summed E-state index contributed by atoms with van der Waals surface area (Å²) in [6.07, 6.45) is 0. The largest absolute Gasteiger partial charge is 0.497 e. The molecule has 0 aliphatic heterocycles. The van der Waals surface area contributed by atoms with Crippen molar-refractivity contribution < 1.29 is 4.74 Å². The van der Waals surface area contributed by atoms with Gasteiger partial charge in [0.25, 0.3) is 0 Å². The van der Waals surface area contributed by atoms with Crippen molar-refractivity contribution in [3.05, 3.63) is 63.7 Å². The molecule has 106 valence electrons. The summed E-state index contributed by atoms with van der Waals surface area (Å²) >= 11 is 6.01. The molecule has 1 atom stereocenters. The first-order valence-electron chi connectivity index (χ1n) is 6.43. The second kappa shape index (κ2) is 6.27. The minimum absolute atomic E-state index is 0.0711. The SMILES string of the molecule is COc1ccc(C(NN)c2ccc(Cl)cc2C)c(C)c1. The highest BCUT2D eigenvalue weighted by molar-refractivity contribution is 6.30. The predicted molar refractivity (Wildman–Crippen MR) is 83.1 cm³/mol. The zero-order valence-electron chi connectivity index (χ0n) is 11.9. The highest BCUT2D eigenvalue weighted by atomic mass is 35.5. The molecule has 0 radical (unpaired) electrons. The zero-order chi connectivity index (χ0) is 14.7. The number of benzene rings is 2. The van der Waals surface area contributed by atoms with E-state index in [1.807, 2.05) is 50.2 Å². The van der Waals surface area contributed by atoms with E-state index in [9.17, 15) is 0 Å². The first-order valence-corrected chi connectivity index (χ1v) is 6.81. The van der Waals surface area contributed by atoms with Gasteiger partial charge < -0.3 is 4.74 Å². The third-order valence-electron chi connectivity index (χ3n) is 3.50. The highest BCUT2D eigenvalue weighted by Crippen LogP contribution is 2.30. The van der Waals surface area contributed by atoms with Crippen molar-refractivity contribution in [3.8, 4) is 5.75 Å². The maximum atomic E-state index is 6.01. The summed E-state index contributed by atoms with van der Waals surface area (Å²) in [5.74, 6) is 6.61. The third-order valence-corrected chi connectivity index (χ3v) is 3.73. The zero-order valence-corrected chi connectivity index (χ0v) is 12.7. The van der Waals surface area contributed by atoms with E-state index < -0.39 is 0 Å². The van der Waals surface area contributed by atoms with E-state index in [2.05, 4.69) is 5.43 Å². The van der Waals surface area contributed by atoms with Crippen LogP contribution in [0.2, 0.25) is 5.02 Å². The smallest absolute Gasteiger partial charge is 0.119 e. The second-order valence-electron chi connectivity index (χ2n) is 4.82.